The zero-order chi connectivity index (χ0) is 13.9. The lowest BCUT2D eigenvalue weighted by Crippen LogP contribution is -2.49. The molecule has 1 aliphatic heterocycles. The highest BCUT2D eigenvalue weighted by molar-refractivity contribution is 5.72. The van der Waals surface area contributed by atoms with E-state index in [0.29, 0.717) is 0 Å². The van der Waals surface area contributed by atoms with Gasteiger partial charge in [-0.2, -0.15) is 0 Å². The number of allylic oxidation sites excluding steroid dienone is 1. The van der Waals surface area contributed by atoms with Gasteiger partial charge in [0.2, 0.25) is 0 Å². The maximum atomic E-state index is 12.0. The van der Waals surface area contributed by atoms with Gasteiger partial charge >= 0.3 is 6.09 Å². The van der Waals surface area contributed by atoms with Crippen LogP contribution in [0.15, 0.2) is 42.5 Å². The molecule has 2 atom stereocenters. The fourth-order valence-corrected chi connectivity index (χ4v) is 2.55. The van der Waals surface area contributed by atoms with Gasteiger partial charge in [-0.3, -0.25) is 4.90 Å². The number of aliphatic hydroxyl groups is 1. The first kappa shape index (κ1) is 13.6. The predicted octanol–water partition coefficient (Wildman–Crippen LogP) is 2.51. The van der Waals surface area contributed by atoms with Gasteiger partial charge in [-0.25, -0.2) is 4.79 Å². The van der Waals surface area contributed by atoms with E-state index >= 15 is 0 Å². The van der Waals surface area contributed by atoms with E-state index in [1.165, 1.54) is 0 Å². The molecule has 2 rings (SSSR count). The molecular weight excluding hydrogens is 242 g/mol. The summed E-state index contributed by atoms with van der Waals surface area (Å²) in [6.45, 7) is 3.84. The van der Waals surface area contributed by atoms with Crippen LogP contribution in [0.3, 0.4) is 0 Å². The molecule has 4 nitrogen and oxygen atoms in total. The number of benzene rings is 1. The van der Waals surface area contributed by atoms with Crippen LogP contribution in [0.2, 0.25) is 0 Å². The first-order valence-electron chi connectivity index (χ1n) is 6.40. The summed E-state index contributed by atoms with van der Waals surface area (Å²) in [6.07, 6.45) is 3.28. The highest BCUT2D eigenvalue weighted by Crippen LogP contribution is 2.34. The Labute approximate surface area is 113 Å². The summed E-state index contributed by atoms with van der Waals surface area (Å²) in [5.41, 5.74) is 0.254. The number of nitrogens with zero attached hydrogens (tertiary/aromatic N) is 1. The number of hydrogen-bond acceptors (Lipinski definition) is 3. The van der Waals surface area contributed by atoms with Crippen molar-refractivity contribution in [3.8, 4) is 0 Å². The molecule has 19 heavy (non-hydrogen) atoms. The zero-order valence-electron chi connectivity index (χ0n) is 11.2. The van der Waals surface area contributed by atoms with E-state index in [1.807, 2.05) is 56.3 Å². The Morgan fingerprint density at radius 1 is 1.47 bits per heavy atom. The molecule has 1 N–H and O–H groups in total. The van der Waals surface area contributed by atoms with Crippen LogP contribution in [-0.4, -0.2) is 34.9 Å². The SMILES string of the molecule is C/C=C/[C@]1(CO)COC(=O)N1C(C)c1ccccc1. The highest BCUT2D eigenvalue weighted by atomic mass is 16.6. The van der Waals surface area contributed by atoms with Gasteiger partial charge in [-0.1, -0.05) is 42.5 Å². The van der Waals surface area contributed by atoms with Crippen LogP contribution in [-0.2, 0) is 4.74 Å². The van der Waals surface area contributed by atoms with Gasteiger partial charge in [0.1, 0.15) is 12.1 Å². The third-order valence-corrected chi connectivity index (χ3v) is 3.54. The first-order chi connectivity index (χ1) is 9.14. The van der Waals surface area contributed by atoms with E-state index in [9.17, 15) is 9.90 Å². The Hall–Kier alpha value is -1.81. The minimum absolute atomic E-state index is 0.153. The highest BCUT2D eigenvalue weighted by Gasteiger charge is 2.47. The van der Waals surface area contributed by atoms with Gasteiger partial charge in [0, 0.05) is 0 Å². The minimum atomic E-state index is -0.763. The molecule has 1 unspecified atom stereocenters. The third kappa shape index (κ3) is 2.36. The van der Waals surface area contributed by atoms with Gasteiger partial charge in [0.05, 0.1) is 12.6 Å². The number of amides is 1. The molecule has 1 aliphatic rings. The summed E-state index contributed by atoms with van der Waals surface area (Å²) in [7, 11) is 0. The van der Waals surface area contributed by atoms with Crippen LogP contribution in [0.1, 0.15) is 25.5 Å². The number of aliphatic hydroxyl groups excluding tert-OH is 1. The molecular formula is C15H19NO3. The smallest absolute Gasteiger partial charge is 0.411 e. The quantitative estimate of drug-likeness (QED) is 0.847. The third-order valence-electron chi connectivity index (χ3n) is 3.54. The van der Waals surface area contributed by atoms with E-state index < -0.39 is 5.54 Å². The van der Waals surface area contributed by atoms with Gasteiger partial charge in [0.25, 0.3) is 0 Å². The molecule has 0 radical (unpaired) electrons. The lowest BCUT2D eigenvalue weighted by atomic mass is 9.96. The Balaban J connectivity index is 2.37. The van der Waals surface area contributed by atoms with Crippen LogP contribution < -0.4 is 0 Å². The standard InChI is InChI=1S/C15H19NO3/c1-3-9-15(10-17)11-19-14(18)16(15)12(2)13-7-5-4-6-8-13/h3-9,12,17H,10-11H2,1-2H3/b9-3+/t12?,15-/m0/s1. The van der Waals surface area contributed by atoms with Crippen molar-refractivity contribution in [2.24, 2.45) is 0 Å². The van der Waals surface area contributed by atoms with E-state index in [2.05, 4.69) is 0 Å². The fraction of sp³-hybridized carbons (Fsp3) is 0.400. The van der Waals surface area contributed by atoms with Crippen LogP contribution >= 0.6 is 0 Å². The summed E-state index contributed by atoms with van der Waals surface area (Å²) in [5, 5.41) is 9.71. The number of carbonyl (C=O) groups is 1. The molecule has 1 saturated heterocycles. The largest absolute Gasteiger partial charge is 0.446 e. The first-order valence-corrected chi connectivity index (χ1v) is 6.40. The Morgan fingerprint density at radius 3 is 2.74 bits per heavy atom. The van der Waals surface area contributed by atoms with E-state index in [1.54, 1.807) is 4.90 Å². The molecule has 4 heteroatoms. The van der Waals surface area contributed by atoms with Crippen molar-refractivity contribution in [2.75, 3.05) is 13.2 Å². The normalized spacial score (nSPS) is 24.8. The molecule has 1 aromatic carbocycles. The molecule has 1 amide bonds. The summed E-state index contributed by atoms with van der Waals surface area (Å²) in [5.74, 6) is 0. The second kappa shape index (κ2) is 5.45. The Kier molecular flexibility index (Phi) is 3.90. The molecule has 0 aliphatic carbocycles. The Morgan fingerprint density at radius 2 is 2.16 bits per heavy atom. The number of cyclic esters (lactones) is 1. The second-order valence-corrected chi connectivity index (χ2v) is 4.77. The Bertz CT molecular complexity index is 472. The van der Waals surface area contributed by atoms with Crippen LogP contribution in [0.5, 0.6) is 0 Å². The van der Waals surface area contributed by atoms with E-state index in [4.69, 9.17) is 4.74 Å². The molecule has 1 aromatic rings. The molecule has 0 spiro atoms. The molecule has 0 saturated carbocycles. The zero-order valence-corrected chi connectivity index (χ0v) is 11.2. The second-order valence-electron chi connectivity index (χ2n) is 4.77. The number of carbonyl (C=O) groups excluding carboxylic acids is 1. The summed E-state index contributed by atoms with van der Waals surface area (Å²) in [4.78, 5) is 13.6. The number of rotatable bonds is 4. The van der Waals surface area contributed by atoms with Gasteiger partial charge in [-0.05, 0) is 19.4 Å². The van der Waals surface area contributed by atoms with Crippen molar-refractivity contribution in [3.05, 3.63) is 48.0 Å². The van der Waals surface area contributed by atoms with Crippen LogP contribution in [0.4, 0.5) is 4.79 Å². The van der Waals surface area contributed by atoms with Gasteiger partial charge in [0.15, 0.2) is 0 Å². The lowest BCUT2D eigenvalue weighted by Gasteiger charge is -2.35. The van der Waals surface area contributed by atoms with Crippen LogP contribution in [0.25, 0.3) is 0 Å². The monoisotopic (exact) mass is 261 g/mol. The molecule has 102 valence electrons. The predicted molar refractivity (Wildman–Crippen MR) is 72.7 cm³/mol. The average molecular weight is 261 g/mol. The maximum Gasteiger partial charge on any atom is 0.411 e. The number of hydrogen-bond donors (Lipinski definition) is 1. The van der Waals surface area contributed by atoms with Crippen molar-refractivity contribution >= 4 is 6.09 Å². The fourth-order valence-electron chi connectivity index (χ4n) is 2.55. The summed E-state index contributed by atoms with van der Waals surface area (Å²) >= 11 is 0. The van der Waals surface area contributed by atoms with Crippen molar-refractivity contribution in [3.63, 3.8) is 0 Å². The van der Waals surface area contributed by atoms with Crippen molar-refractivity contribution in [1.29, 1.82) is 0 Å². The minimum Gasteiger partial charge on any atom is -0.446 e. The van der Waals surface area contributed by atoms with Crippen molar-refractivity contribution < 1.29 is 14.6 Å². The molecule has 0 aromatic heterocycles. The van der Waals surface area contributed by atoms with Gasteiger partial charge in [-0.15, -0.1) is 0 Å². The topological polar surface area (TPSA) is 49.8 Å². The van der Waals surface area contributed by atoms with E-state index in [-0.39, 0.29) is 25.3 Å². The number of ether oxygens (including phenoxy) is 1. The van der Waals surface area contributed by atoms with Crippen LogP contribution in [0, 0.1) is 0 Å². The maximum absolute atomic E-state index is 12.0. The van der Waals surface area contributed by atoms with Crippen molar-refractivity contribution in [2.45, 2.75) is 25.4 Å². The molecule has 0 bridgehead atoms. The summed E-state index contributed by atoms with van der Waals surface area (Å²) < 4.78 is 5.14. The van der Waals surface area contributed by atoms with E-state index in [0.717, 1.165) is 5.56 Å². The summed E-state index contributed by atoms with van der Waals surface area (Å²) in [6, 6.07) is 9.58. The van der Waals surface area contributed by atoms with Crippen molar-refractivity contribution in [1.82, 2.24) is 4.90 Å². The van der Waals surface area contributed by atoms with Gasteiger partial charge < -0.3 is 9.84 Å². The lowest BCUT2D eigenvalue weighted by molar-refractivity contribution is 0.0970. The average Bonchev–Trinajstić information content (AvgIpc) is 2.77. The molecule has 1 fully saturated rings. The molecule has 1 heterocycles.